The Kier molecular flexibility index (Phi) is 4.97. The zero-order valence-corrected chi connectivity index (χ0v) is 11.9. The summed E-state index contributed by atoms with van der Waals surface area (Å²) in [6.45, 7) is -0.628. The molecular formula is C11H12F2N2O5S. The molecule has 0 aliphatic rings. The number of carbonyl (C=O) groups is 2. The summed E-state index contributed by atoms with van der Waals surface area (Å²) in [4.78, 5) is 20.8. The van der Waals surface area contributed by atoms with Crippen LogP contribution in [0.5, 0.6) is 0 Å². The van der Waals surface area contributed by atoms with E-state index in [4.69, 9.17) is 5.11 Å². The lowest BCUT2D eigenvalue weighted by Crippen LogP contribution is -2.37. The molecule has 10 heteroatoms. The molecule has 116 valence electrons. The van der Waals surface area contributed by atoms with E-state index < -0.39 is 50.5 Å². The van der Waals surface area contributed by atoms with Gasteiger partial charge in [0, 0.05) is 14.1 Å². The van der Waals surface area contributed by atoms with Crippen LogP contribution in [-0.4, -0.2) is 50.3 Å². The van der Waals surface area contributed by atoms with Crippen LogP contribution in [0, 0.1) is 11.6 Å². The highest BCUT2D eigenvalue weighted by atomic mass is 32.2. The van der Waals surface area contributed by atoms with Crippen LogP contribution in [0.25, 0.3) is 0 Å². The first kappa shape index (κ1) is 17.0. The van der Waals surface area contributed by atoms with Crippen LogP contribution < -0.4 is 5.32 Å². The number of rotatable bonds is 5. The Hall–Kier alpha value is -2.07. The molecule has 0 spiro atoms. The molecule has 0 fully saturated rings. The minimum Gasteiger partial charge on any atom is -0.478 e. The van der Waals surface area contributed by atoms with Gasteiger partial charge >= 0.3 is 5.97 Å². The number of nitrogens with zero attached hydrogens (tertiary/aromatic N) is 1. The van der Waals surface area contributed by atoms with Gasteiger partial charge in [0.25, 0.3) is 0 Å². The van der Waals surface area contributed by atoms with Crippen molar-refractivity contribution in [2.24, 2.45) is 0 Å². The van der Waals surface area contributed by atoms with Gasteiger partial charge in [-0.2, -0.15) is 4.31 Å². The molecule has 21 heavy (non-hydrogen) atoms. The van der Waals surface area contributed by atoms with E-state index in [0.717, 1.165) is 7.05 Å². The van der Waals surface area contributed by atoms with E-state index in [1.54, 1.807) is 0 Å². The SMILES string of the molecule is CNC(=O)CN(C)S(=O)(=O)c1cc(C(=O)O)cc(F)c1F. The average Bonchev–Trinajstić information content (AvgIpc) is 2.40. The zero-order chi connectivity index (χ0) is 16.4. The van der Waals surface area contributed by atoms with Gasteiger partial charge in [0.05, 0.1) is 12.1 Å². The summed E-state index contributed by atoms with van der Waals surface area (Å²) in [5, 5.41) is 10.9. The van der Waals surface area contributed by atoms with E-state index in [9.17, 15) is 26.8 Å². The average molecular weight is 322 g/mol. The predicted octanol–water partition coefficient (Wildman–Crippen LogP) is 0.0295. The Morgan fingerprint density at radius 2 is 1.90 bits per heavy atom. The van der Waals surface area contributed by atoms with Crippen molar-refractivity contribution in [3.8, 4) is 0 Å². The first-order valence-electron chi connectivity index (χ1n) is 5.50. The van der Waals surface area contributed by atoms with E-state index in [2.05, 4.69) is 5.32 Å². The van der Waals surface area contributed by atoms with Crippen molar-refractivity contribution in [1.29, 1.82) is 0 Å². The van der Waals surface area contributed by atoms with E-state index in [-0.39, 0.29) is 0 Å². The Morgan fingerprint density at radius 3 is 2.38 bits per heavy atom. The molecule has 1 aromatic rings. The van der Waals surface area contributed by atoms with Crippen molar-refractivity contribution in [2.45, 2.75) is 4.90 Å². The largest absolute Gasteiger partial charge is 0.478 e. The first-order valence-corrected chi connectivity index (χ1v) is 6.94. The van der Waals surface area contributed by atoms with Crippen molar-refractivity contribution in [1.82, 2.24) is 9.62 Å². The lowest BCUT2D eigenvalue weighted by atomic mass is 10.2. The number of likely N-dealkylation sites (N-methyl/N-ethyl adjacent to an activating group) is 2. The van der Waals surface area contributed by atoms with Gasteiger partial charge in [-0.05, 0) is 12.1 Å². The molecule has 0 aliphatic heterocycles. The molecule has 0 aromatic heterocycles. The number of aromatic carboxylic acids is 1. The topological polar surface area (TPSA) is 104 Å². The standard InChI is InChI=1S/C11H12F2N2O5S/c1-14-9(16)5-15(2)21(19,20)8-4-6(11(17)18)3-7(12)10(8)13/h3-4H,5H2,1-2H3,(H,14,16)(H,17,18). The molecule has 0 heterocycles. The Balaban J connectivity index is 3.37. The maximum atomic E-state index is 13.6. The highest BCUT2D eigenvalue weighted by molar-refractivity contribution is 7.89. The highest BCUT2D eigenvalue weighted by Crippen LogP contribution is 2.22. The van der Waals surface area contributed by atoms with Gasteiger partial charge in [0.15, 0.2) is 11.6 Å². The summed E-state index contributed by atoms with van der Waals surface area (Å²) in [6.07, 6.45) is 0. The number of amides is 1. The third-order valence-corrected chi connectivity index (χ3v) is 4.38. The van der Waals surface area contributed by atoms with Crippen LogP contribution in [0.3, 0.4) is 0 Å². The van der Waals surface area contributed by atoms with E-state index in [1.165, 1.54) is 7.05 Å². The molecule has 1 amide bonds. The number of halogens is 2. The fourth-order valence-corrected chi connectivity index (χ4v) is 2.63. The lowest BCUT2D eigenvalue weighted by molar-refractivity contribution is -0.120. The molecule has 0 unspecified atom stereocenters. The Bertz CT molecular complexity index is 690. The molecule has 0 saturated carbocycles. The molecule has 2 N–H and O–H groups in total. The highest BCUT2D eigenvalue weighted by Gasteiger charge is 2.29. The molecule has 0 atom stereocenters. The van der Waals surface area contributed by atoms with Gasteiger partial charge in [-0.3, -0.25) is 4.79 Å². The quantitative estimate of drug-likeness (QED) is 0.796. The summed E-state index contributed by atoms with van der Waals surface area (Å²) < 4.78 is 51.6. The maximum absolute atomic E-state index is 13.6. The van der Waals surface area contributed by atoms with Crippen LogP contribution in [-0.2, 0) is 14.8 Å². The number of carbonyl (C=O) groups excluding carboxylic acids is 1. The van der Waals surface area contributed by atoms with Gasteiger partial charge in [0.2, 0.25) is 15.9 Å². The Morgan fingerprint density at radius 1 is 1.33 bits per heavy atom. The predicted molar refractivity (Wildman–Crippen MR) is 67.2 cm³/mol. The van der Waals surface area contributed by atoms with Crippen molar-refractivity contribution in [3.63, 3.8) is 0 Å². The van der Waals surface area contributed by atoms with Gasteiger partial charge in [-0.25, -0.2) is 22.0 Å². The molecule has 0 radical (unpaired) electrons. The molecule has 0 saturated heterocycles. The molecular weight excluding hydrogens is 310 g/mol. The fourth-order valence-electron chi connectivity index (χ4n) is 1.41. The summed E-state index contributed by atoms with van der Waals surface area (Å²) in [5.74, 6) is -5.60. The van der Waals surface area contributed by atoms with E-state index in [1.807, 2.05) is 0 Å². The summed E-state index contributed by atoms with van der Waals surface area (Å²) in [5.41, 5.74) is -0.721. The number of carboxylic acids is 1. The molecule has 7 nitrogen and oxygen atoms in total. The Labute approximate surface area is 119 Å². The van der Waals surface area contributed by atoms with E-state index >= 15 is 0 Å². The lowest BCUT2D eigenvalue weighted by Gasteiger charge is -2.17. The zero-order valence-electron chi connectivity index (χ0n) is 11.1. The van der Waals surface area contributed by atoms with Crippen LogP contribution in [0.2, 0.25) is 0 Å². The third-order valence-electron chi connectivity index (χ3n) is 2.58. The van der Waals surface area contributed by atoms with Crippen LogP contribution >= 0.6 is 0 Å². The molecule has 0 bridgehead atoms. The van der Waals surface area contributed by atoms with Crippen molar-refractivity contribution in [3.05, 3.63) is 29.3 Å². The number of nitrogens with one attached hydrogen (secondary N) is 1. The number of benzene rings is 1. The first-order chi connectivity index (χ1) is 9.61. The van der Waals surface area contributed by atoms with Crippen LogP contribution in [0.4, 0.5) is 8.78 Å². The van der Waals surface area contributed by atoms with Gasteiger partial charge in [-0.15, -0.1) is 0 Å². The minimum atomic E-state index is -4.56. The van der Waals surface area contributed by atoms with Crippen molar-refractivity contribution >= 4 is 21.9 Å². The molecule has 1 rings (SSSR count). The van der Waals surface area contributed by atoms with Gasteiger partial charge in [-0.1, -0.05) is 0 Å². The maximum Gasteiger partial charge on any atom is 0.335 e. The van der Waals surface area contributed by atoms with Gasteiger partial charge in [0.1, 0.15) is 4.90 Å². The summed E-state index contributed by atoms with van der Waals surface area (Å²) in [6, 6.07) is 0.867. The number of hydrogen-bond donors (Lipinski definition) is 2. The fraction of sp³-hybridized carbons (Fsp3) is 0.273. The molecule has 0 aliphatic carbocycles. The smallest absolute Gasteiger partial charge is 0.335 e. The van der Waals surface area contributed by atoms with E-state index in [0.29, 0.717) is 16.4 Å². The van der Waals surface area contributed by atoms with Crippen LogP contribution in [0.1, 0.15) is 10.4 Å². The monoisotopic (exact) mass is 322 g/mol. The van der Waals surface area contributed by atoms with Crippen LogP contribution in [0.15, 0.2) is 17.0 Å². The second-order valence-electron chi connectivity index (χ2n) is 4.01. The second kappa shape index (κ2) is 6.14. The summed E-state index contributed by atoms with van der Waals surface area (Å²) in [7, 11) is -2.31. The number of sulfonamides is 1. The number of carboxylic acid groups (broad SMARTS) is 1. The molecule has 1 aromatic carbocycles. The van der Waals surface area contributed by atoms with Gasteiger partial charge < -0.3 is 10.4 Å². The van der Waals surface area contributed by atoms with Crippen molar-refractivity contribution < 1.29 is 31.9 Å². The summed E-state index contributed by atoms with van der Waals surface area (Å²) >= 11 is 0. The third kappa shape index (κ3) is 3.52. The minimum absolute atomic E-state index is 0.370. The second-order valence-corrected chi connectivity index (χ2v) is 6.02. The van der Waals surface area contributed by atoms with Crippen molar-refractivity contribution in [2.75, 3.05) is 20.6 Å². The number of hydrogen-bond acceptors (Lipinski definition) is 4. The normalized spacial score (nSPS) is 11.5.